The first-order valence-electron chi connectivity index (χ1n) is 5.93. The molecule has 20 heavy (non-hydrogen) atoms. The van der Waals surface area contributed by atoms with Gasteiger partial charge in [0.1, 0.15) is 22.1 Å². The summed E-state index contributed by atoms with van der Waals surface area (Å²) in [5.41, 5.74) is 0.00397. The standard InChI is InChI=1S/C13H11BrClFN2O2/c1-6(2)5-9-13(18(19)20)11(15)10-7(14)3-4-8(16)12(10)17-9/h3-4,6H,5H2,1-2H3. The van der Waals surface area contributed by atoms with Gasteiger partial charge in [-0.3, -0.25) is 10.1 Å². The van der Waals surface area contributed by atoms with Gasteiger partial charge in [-0.25, -0.2) is 9.37 Å². The van der Waals surface area contributed by atoms with Crippen molar-refractivity contribution in [1.82, 2.24) is 4.98 Å². The van der Waals surface area contributed by atoms with Crippen LogP contribution in [0.25, 0.3) is 10.9 Å². The summed E-state index contributed by atoms with van der Waals surface area (Å²) < 4.78 is 14.4. The Kier molecular flexibility index (Phi) is 4.25. The number of hydrogen-bond acceptors (Lipinski definition) is 3. The zero-order valence-electron chi connectivity index (χ0n) is 10.8. The molecular formula is C13H11BrClFN2O2. The number of hydrogen-bond donors (Lipinski definition) is 0. The minimum atomic E-state index is -0.566. The summed E-state index contributed by atoms with van der Waals surface area (Å²) in [5, 5.41) is 11.4. The first kappa shape index (κ1) is 15.1. The maximum atomic E-state index is 13.9. The topological polar surface area (TPSA) is 56.0 Å². The third-order valence-electron chi connectivity index (χ3n) is 2.81. The number of halogens is 3. The summed E-state index contributed by atoms with van der Waals surface area (Å²) in [6.45, 7) is 3.81. The lowest BCUT2D eigenvalue weighted by Crippen LogP contribution is -2.05. The number of nitrogens with zero attached hydrogens (tertiary/aromatic N) is 2. The van der Waals surface area contributed by atoms with Crippen molar-refractivity contribution in [2.24, 2.45) is 5.92 Å². The molecule has 106 valence electrons. The Morgan fingerprint density at radius 2 is 2.15 bits per heavy atom. The van der Waals surface area contributed by atoms with E-state index in [2.05, 4.69) is 20.9 Å². The van der Waals surface area contributed by atoms with Crippen molar-refractivity contribution in [3.05, 3.63) is 43.3 Å². The molecule has 0 spiro atoms. The molecule has 1 heterocycles. The fraction of sp³-hybridized carbons (Fsp3) is 0.308. The molecule has 0 saturated carbocycles. The predicted molar refractivity (Wildman–Crippen MR) is 79.6 cm³/mol. The van der Waals surface area contributed by atoms with E-state index in [4.69, 9.17) is 11.6 Å². The van der Waals surface area contributed by atoms with Crippen molar-refractivity contribution in [3.8, 4) is 0 Å². The Morgan fingerprint density at radius 1 is 1.50 bits per heavy atom. The van der Waals surface area contributed by atoms with E-state index < -0.39 is 10.7 Å². The number of aromatic nitrogens is 1. The van der Waals surface area contributed by atoms with Crippen molar-refractivity contribution >= 4 is 44.1 Å². The van der Waals surface area contributed by atoms with E-state index in [1.54, 1.807) is 0 Å². The van der Waals surface area contributed by atoms with Crippen LogP contribution in [0.4, 0.5) is 10.1 Å². The Balaban J connectivity index is 2.89. The predicted octanol–water partition coefficient (Wildman–Crippen LogP) is 4.90. The second kappa shape index (κ2) is 5.61. The lowest BCUT2D eigenvalue weighted by atomic mass is 10.0. The summed E-state index contributed by atoms with van der Waals surface area (Å²) in [6.07, 6.45) is 0.359. The SMILES string of the molecule is CC(C)Cc1nc2c(F)ccc(Br)c2c(Cl)c1[N+](=O)[O-]. The number of rotatable bonds is 3. The maximum Gasteiger partial charge on any atom is 0.309 e. The van der Waals surface area contributed by atoms with Crippen LogP contribution in [0.15, 0.2) is 16.6 Å². The first-order valence-corrected chi connectivity index (χ1v) is 7.10. The van der Waals surface area contributed by atoms with Gasteiger partial charge in [0.2, 0.25) is 0 Å². The quantitative estimate of drug-likeness (QED) is 0.577. The van der Waals surface area contributed by atoms with Crippen molar-refractivity contribution in [3.63, 3.8) is 0 Å². The van der Waals surface area contributed by atoms with Crippen molar-refractivity contribution in [2.75, 3.05) is 0 Å². The highest BCUT2D eigenvalue weighted by atomic mass is 79.9. The molecule has 0 unspecified atom stereocenters. The van der Waals surface area contributed by atoms with Crippen LogP contribution < -0.4 is 0 Å². The van der Waals surface area contributed by atoms with Gasteiger partial charge in [0.25, 0.3) is 0 Å². The lowest BCUT2D eigenvalue weighted by molar-refractivity contribution is -0.385. The van der Waals surface area contributed by atoms with Gasteiger partial charge in [0, 0.05) is 9.86 Å². The summed E-state index contributed by atoms with van der Waals surface area (Å²) in [5.74, 6) is -0.407. The van der Waals surface area contributed by atoms with Gasteiger partial charge in [-0.15, -0.1) is 0 Å². The molecular weight excluding hydrogens is 351 g/mol. The van der Waals surface area contributed by atoms with Crippen LogP contribution in [0.5, 0.6) is 0 Å². The van der Waals surface area contributed by atoms with Gasteiger partial charge < -0.3 is 0 Å². The van der Waals surface area contributed by atoms with Crippen molar-refractivity contribution < 1.29 is 9.31 Å². The molecule has 2 aromatic rings. The van der Waals surface area contributed by atoms with Crippen LogP contribution in [0.1, 0.15) is 19.5 Å². The van der Waals surface area contributed by atoms with Gasteiger partial charge >= 0.3 is 5.69 Å². The lowest BCUT2D eigenvalue weighted by Gasteiger charge is -2.10. The first-order chi connectivity index (χ1) is 9.32. The molecule has 0 radical (unpaired) electrons. The molecule has 7 heteroatoms. The van der Waals surface area contributed by atoms with Gasteiger partial charge in [-0.05, 0) is 24.5 Å². The molecule has 0 aliphatic rings. The van der Waals surface area contributed by atoms with Crippen molar-refractivity contribution in [1.29, 1.82) is 0 Å². The highest BCUT2D eigenvalue weighted by molar-refractivity contribution is 9.10. The molecule has 4 nitrogen and oxygen atoms in total. The van der Waals surface area contributed by atoms with Gasteiger partial charge in [0.15, 0.2) is 0 Å². The fourth-order valence-electron chi connectivity index (χ4n) is 2.01. The zero-order valence-corrected chi connectivity index (χ0v) is 13.1. The second-order valence-corrected chi connectivity index (χ2v) is 6.06. The Labute approximate surface area is 128 Å². The Morgan fingerprint density at radius 3 is 2.70 bits per heavy atom. The molecule has 0 atom stereocenters. The summed E-state index contributed by atoms with van der Waals surface area (Å²) in [6, 6.07) is 2.71. The minimum Gasteiger partial charge on any atom is -0.258 e. The highest BCUT2D eigenvalue weighted by Crippen LogP contribution is 2.39. The molecule has 0 saturated heterocycles. The van der Waals surface area contributed by atoms with Crippen LogP contribution in [-0.4, -0.2) is 9.91 Å². The molecule has 0 N–H and O–H groups in total. The second-order valence-electron chi connectivity index (χ2n) is 4.83. The molecule has 0 fully saturated rings. The highest BCUT2D eigenvalue weighted by Gasteiger charge is 2.26. The van der Waals surface area contributed by atoms with Crippen LogP contribution in [-0.2, 0) is 6.42 Å². The van der Waals surface area contributed by atoms with E-state index in [0.29, 0.717) is 10.9 Å². The number of fused-ring (bicyclic) bond motifs is 1. The van der Waals surface area contributed by atoms with E-state index in [0.717, 1.165) is 0 Å². The molecule has 0 bridgehead atoms. The molecule has 1 aromatic carbocycles. The molecule has 0 aliphatic carbocycles. The van der Waals surface area contributed by atoms with Gasteiger partial charge in [0.05, 0.1) is 4.92 Å². The van der Waals surface area contributed by atoms with E-state index in [1.807, 2.05) is 13.8 Å². The molecule has 0 amide bonds. The normalized spacial score (nSPS) is 11.3. The maximum absolute atomic E-state index is 13.9. The zero-order chi connectivity index (χ0) is 15.0. The Hall–Kier alpha value is -1.27. The fourth-order valence-corrected chi connectivity index (χ4v) is 3.01. The Bertz CT molecular complexity index is 707. The average molecular weight is 362 g/mol. The largest absolute Gasteiger partial charge is 0.309 e. The third-order valence-corrected chi connectivity index (χ3v) is 3.84. The van der Waals surface area contributed by atoms with Crippen LogP contribution in [0, 0.1) is 21.8 Å². The summed E-state index contributed by atoms with van der Waals surface area (Å²) in [7, 11) is 0. The van der Waals surface area contributed by atoms with Gasteiger partial charge in [-0.1, -0.05) is 41.4 Å². The third kappa shape index (κ3) is 2.62. The average Bonchev–Trinajstić information content (AvgIpc) is 2.32. The number of nitro groups is 1. The van der Waals surface area contributed by atoms with Crippen LogP contribution in [0.2, 0.25) is 5.02 Å². The summed E-state index contributed by atoms with van der Waals surface area (Å²) in [4.78, 5) is 14.8. The monoisotopic (exact) mass is 360 g/mol. The number of pyridine rings is 1. The van der Waals surface area contributed by atoms with Crippen LogP contribution >= 0.6 is 27.5 Å². The van der Waals surface area contributed by atoms with E-state index in [1.165, 1.54) is 12.1 Å². The molecule has 0 aliphatic heterocycles. The van der Waals surface area contributed by atoms with Crippen molar-refractivity contribution in [2.45, 2.75) is 20.3 Å². The smallest absolute Gasteiger partial charge is 0.258 e. The van der Waals surface area contributed by atoms with E-state index in [-0.39, 0.29) is 33.2 Å². The molecule has 1 aromatic heterocycles. The number of benzene rings is 1. The van der Waals surface area contributed by atoms with Gasteiger partial charge in [-0.2, -0.15) is 0 Å². The van der Waals surface area contributed by atoms with E-state index in [9.17, 15) is 14.5 Å². The minimum absolute atomic E-state index is 0.0469. The van der Waals surface area contributed by atoms with E-state index >= 15 is 0 Å². The van der Waals surface area contributed by atoms with Crippen LogP contribution in [0.3, 0.4) is 0 Å². The molecule has 2 rings (SSSR count). The summed E-state index contributed by atoms with van der Waals surface area (Å²) >= 11 is 9.35.